The van der Waals surface area contributed by atoms with Crippen molar-refractivity contribution in [2.75, 3.05) is 32.1 Å². The van der Waals surface area contributed by atoms with Crippen LogP contribution in [0.5, 0.6) is 5.88 Å². The molecule has 256 valence electrons. The van der Waals surface area contributed by atoms with Crippen molar-refractivity contribution in [3.63, 3.8) is 0 Å². The van der Waals surface area contributed by atoms with Crippen LogP contribution < -0.4 is 26.2 Å². The lowest BCUT2D eigenvalue weighted by Crippen LogP contribution is -2.46. The number of fused-ring (bicyclic) bond motifs is 1. The predicted molar refractivity (Wildman–Crippen MR) is 187 cm³/mol. The van der Waals surface area contributed by atoms with Crippen molar-refractivity contribution in [1.29, 1.82) is 0 Å². The van der Waals surface area contributed by atoms with E-state index in [0.717, 1.165) is 60.4 Å². The van der Waals surface area contributed by atoms with Crippen LogP contribution in [0.4, 0.5) is 14.9 Å². The second kappa shape index (κ2) is 12.6. The molecule has 4 aromatic rings. The van der Waals surface area contributed by atoms with Gasteiger partial charge in [0, 0.05) is 60.8 Å². The number of aromatic nitrogens is 2. The lowest BCUT2D eigenvalue weighted by molar-refractivity contribution is 0.205. The summed E-state index contributed by atoms with van der Waals surface area (Å²) in [4.78, 5) is 32.3. The number of amides is 2. The molecule has 10 nitrogen and oxygen atoms in total. The molecule has 3 atom stereocenters. The minimum atomic E-state index is -1.28. The Morgan fingerprint density at radius 1 is 1.14 bits per heavy atom. The number of aryl methyl sites for hydroxylation is 2. The number of nitrogens with one attached hydrogen (secondary N) is 3. The zero-order chi connectivity index (χ0) is 34.6. The number of benzene rings is 2. The second-order valence-corrected chi connectivity index (χ2v) is 13.6. The van der Waals surface area contributed by atoms with E-state index in [1.807, 2.05) is 45.0 Å². The maximum absolute atomic E-state index is 15.7. The van der Waals surface area contributed by atoms with Crippen LogP contribution >= 0.6 is 0 Å². The first kappa shape index (κ1) is 32.8. The normalized spacial score (nSPS) is 20.7. The van der Waals surface area contributed by atoms with Crippen LogP contribution in [0.3, 0.4) is 0 Å². The summed E-state index contributed by atoms with van der Waals surface area (Å²) >= 11 is 0. The Labute approximate surface area is 285 Å². The molecular weight excluding hydrogens is 623 g/mol. The molecule has 2 saturated heterocycles. The minimum absolute atomic E-state index is 0.101. The van der Waals surface area contributed by atoms with E-state index in [1.54, 1.807) is 26.3 Å². The van der Waals surface area contributed by atoms with Crippen molar-refractivity contribution in [3.05, 3.63) is 98.2 Å². The van der Waals surface area contributed by atoms with Crippen molar-refractivity contribution in [1.82, 2.24) is 25.1 Å². The molecule has 4 heterocycles. The van der Waals surface area contributed by atoms with Crippen molar-refractivity contribution in [3.8, 4) is 28.3 Å². The quantitative estimate of drug-likeness (QED) is 0.189. The van der Waals surface area contributed by atoms with Gasteiger partial charge in [-0.3, -0.25) is 9.69 Å². The van der Waals surface area contributed by atoms with Crippen molar-refractivity contribution in [2.45, 2.75) is 64.3 Å². The predicted octanol–water partition coefficient (Wildman–Crippen LogP) is 5.29. The number of methoxy groups -OCH3 is 1. The topological polar surface area (TPSA) is 121 Å². The Kier molecular flexibility index (Phi) is 8.44. The van der Waals surface area contributed by atoms with Crippen LogP contribution in [0.2, 0.25) is 0 Å². The Morgan fingerprint density at radius 3 is 2.67 bits per heavy atom. The number of urea groups is 1. The monoisotopic (exact) mass is 666 g/mol. The molecule has 0 saturated carbocycles. The van der Waals surface area contributed by atoms with Gasteiger partial charge in [-0.1, -0.05) is 25.1 Å². The van der Waals surface area contributed by atoms with Crippen molar-refractivity contribution >= 4 is 11.7 Å². The molecule has 2 fully saturated rings. The lowest BCUT2D eigenvalue weighted by Gasteiger charge is -2.28. The average molecular weight is 667 g/mol. The summed E-state index contributed by atoms with van der Waals surface area (Å²) in [5.74, 6) is 0.204. The number of carbonyl (C=O) groups excluding carboxylic acids is 1. The van der Waals surface area contributed by atoms with Gasteiger partial charge < -0.3 is 30.4 Å². The maximum atomic E-state index is 15.7. The number of likely N-dealkylation sites (tertiary alicyclic amines) is 1. The van der Waals surface area contributed by atoms with E-state index in [-0.39, 0.29) is 34.6 Å². The number of carbonyl (C=O) groups is 1. The fourth-order valence-corrected chi connectivity index (χ4v) is 8.07. The van der Waals surface area contributed by atoms with E-state index in [1.165, 1.54) is 16.2 Å². The third kappa shape index (κ3) is 5.64. The van der Waals surface area contributed by atoms with Crippen LogP contribution in [0.25, 0.3) is 22.4 Å². The van der Waals surface area contributed by atoms with Gasteiger partial charge in [-0.2, -0.15) is 0 Å². The summed E-state index contributed by atoms with van der Waals surface area (Å²) in [6.45, 7) is 8.05. The Hall–Kier alpha value is -4.74. The summed E-state index contributed by atoms with van der Waals surface area (Å²) in [6, 6.07) is 14.4. The molecule has 0 bridgehead atoms. The number of halogens is 1. The molecule has 2 aromatic carbocycles. The minimum Gasteiger partial charge on any atom is -0.481 e. The van der Waals surface area contributed by atoms with Crippen LogP contribution in [0.1, 0.15) is 65.5 Å². The van der Waals surface area contributed by atoms with Crippen LogP contribution in [0.15, 0.2) is 53.3 Å². The van der Waals surface area contributed by atoms with Gasteiger partial charge in [0.05, 0.1) is 23.9 Å². The van der Waals surface area contributed by atoms with Gasteiger partial charge >= 0.3 is 6.03 Å². The molecule has 4 N–H and O–H groups in total. The SMILES string of the molecule is CCc1ccc(C(O)Nc2ccc(F)c(-c3cccc(-c4cc5c(c(OC)n4)C(N4CC[C@]6(CNC(=O)N6)C4)CC5)c3C)c2C)c(=O)n1C. The standard InChI is InChI=1S/C38H43FN6O4/c1-6-24-11-12-27(36(47)44(24)4)34(46)41-29-14-13-28(39)32(22(29)3)26-9-7-8-25(21(26)2)30-18-23-10-15-31(33(23)35(42-30)49-5)45-17-16-38(20-45)19-40-37(48)43-38/h7-9,11-14,18,31,34,41,46H,6,10,15-17,19-20H2,1-5H3,(H2,40,43,48)/t31?,34?,38-/m0/s1. The van der Waals surface area contributed by atoms with Gasteiger partial charge in [-0.15, -0.1) is 0 Å². The first-order valence-corrected chi connectivity index (χ1v) is 16.9. The van der Waals surface area contributed by atoms with E-state index in [4.69, 9.17) is 9.72 Å². The van der Waals surface area contributed by atoms with E-state index in [0.29, 0.717) is 41.2 Å². The summed E-state index contributed by atoms with van der Waals surface area (Å²) in [6.07, 6.45) is 2.14. The highest BCUT2D eigenvalue weighted by Crippen LogP contribution is 2.45. The first-order valence-electron chi connectivity index (χ1n) is 16.9. The highest BCUT2D eigenvalue weighted by molar-refractivity contribution is 5.82. The van der Waals surface area contributed by atoms with E-state index in [9.17, 15) is 14.7 Å². The number of rotatable bonds is 8. The Bertz CT molecular complexity index is 2030. The maximum Gasteiger partial charge on any atom is 0.315 e. The molecule has 1 spiro atoms. The molecule has 49 heavy (non-hydrogen) atoms. The molecule has 3 aliphatic rings. The first-order chi connectivity index (χ1) is 23.5. The van der Waals surface area contributed by atoms with Gasteiger partial charge in [0.1, 0.15) is 5.82 Å². The molecule has 1 aliphatic carbocycles. The summed E-state index contributed by atoms with van der Waals surface area (Å²) in [5.41, 5.74) is 7.62. The molecule has 11 heteroatoms. The Morgan fingerprint density at radius 2 is 1.94 bits per heavy atom. The summed E-state index contributed by atoms with van der Waals surface area (Å²) in [7, 11) is 3.34. The van der Waals surface area contributed by atoms with Gasteiger partial charge in [-0.25, -0.2) is 14.2 Å². The van der Waals surface area contributed by atoms with Crippen molar-refractivity contribution in [2.24, 2.45) is 7.05 Å². The summed E-state index contributed by atoms with van der Waals surface area (Å²) in [5, 5.41) is 20.2. The number of anilines is 1. The van der Waals surface area contributed by atoms with Crippen LogP contribution in [0, 0.1) is 19.7 Å². The van der Waals surface area contributed by atoms with Crippen LogP contribution in [-0.4, -0.2) is 57.9 Å². The van der Waals surface area contributed by atoms with Gasteiger partial charge in [-0.05, 0) is 92.1 Å². The summed E-state index contributed by atoms with van der Waals surface area (Å²) < 4.78 is 23.2. The molecule has 2 aliphatic heterocycles. The number of ether oxygens (including phenoxy) is 1. The highest BCUT2D eigenvalue weighted by atomic mass is 19.1. The fraction of sp³-hybridized carbons (Fsp3) is 0.395. The van der Waals surface area contributed by atoms with E-state index < -0.39 is 6.23 Å². The molecule has 2 unspecified atom stereocenters. The average Bonchev–Trinajstić information content (AvgIpc) is 3.81. The van der Waals surface area contributed by atoms with Gasteiger partial charge in [0.2, 0.25) is 5.88 Å². The lowest BCUT2D eigenvalue weighted by atomic mass is 9.91. The molecule has 7 rings (SSSR count). The van der Waals surface area contributed by atoms with Crippen molar-refractivity contribution < 1.29 is 19.0 Å². The number of aliphatic hydroxyl groups is 1. The fourth-order valence-electron chi connectivity index (χ4n) is 8.07. The van der Waals surface area contributed by atoms with Crippen LogP contribution in [-0.2, 0) is 19.9 Å². The highest BCUT2D eigenvalue weighted by Gasteiger charge is 2.46. The molecule has 0 radical (unpaired) electrons. The van der Waals surface area contributed by atoms with E-state index in [2.05, 4.69) is 26.9 Å². The smallest absolute Gasteiger partial charge is 0.315 e. The molecule has 2 amide bonds. The third-order valence-corrected chi connectivity index (χ3v) is 10.8. The number of hydrogen-bond acceptors (Lipinski definition) is 7. The second-order valence-electron chi connectivity index (χ2n) is 13.6. The number of hydrogen-bond donors (Lipinski definition) is 4. The van der Waals surface area contributed by atoms with E-state index >= 15 is 4.39 Å². The molecule has 2 aromatic heterocycles. The zero-order valence-corrected chi connectivity index (χ0v) is 28.6. The largest absolute Gasteiger partial charge is 0.481 e. The molecular formula is C38H43FN6O4. The van der Waals surface area contributed by atoms with Gasteiger partial charge in [0.25, 0.3) is 5.56 Å². The number of pyridine rings is 2. The van der Waals surface area contributed by atoms with Gasteiger partial charge in [0.15, 0.2) is 6.23 Å². The zero-order valence-electron chi connectivity index (χ0n) is 28.6. The third-order valence-electron chi connectivity index (χ3n) is 10.8. The Balaban J connectivity index is 1.20. The number of aliphatic hydroxyl groups excluding tert-OH is 1. The number of nitrogens with zero attached hydrogens (tertiary/aromatic N) is 3.